The van der Waals surface area contributed by atoms with E-state index in [1.165, 1.54) is 6.42 Å². The molecule has 0 spiro atoms. The zero-order valence-corrected chi connectivity index (χ0v) is 16.9. The van der Waals surface area contributed by atoms with Gasteiger partial charge in [-0.3, -0.25) is 0 Å². The van der Waals surface area contributed by atoms with Crippen molar-refractivity contribution in [2.75, 3.05) is 6.54 Å². The van der Waals surface area contributed by atoms with Gasteiger partial charge in [-0.05, 0) is 77.5 Å². The Hall–Kier alpha value is -0.530. The number of furan rings is 1. The maximum atomic E-state index is 11.8. The molecule has 1 heterocycles. The van der Waals surface area contributed by atoms with Gasteiger partial charge < -0.3 is 19.8 Å². The van der Waals surface area contributed by atoms with Crippen LogP contribution in [-0.4, -0.2) is 24.3 Å². The first-order valence-corrected chi connectivity index (χ1v) is 9.47. The zero-order valence-electron chi connectivity index (χ0n) is 13.7. The van der Waals surface area contributed by atoms with E-state index in [-0.39, 0.29) is 6.09 Å². The molecule has 23 heavy (non-hydrogen) atoms. The van der Waals surface area contributed by atoms with Crippen LogP contribution in [0.25, 0.3) is 0 Å². The average Bonchev–Trinajstić information content (AvgIpc) is 2.99. The van der Waals surface area contributed by atoms with Crippen molar-refractivity contribution < 1.29 is 13.9 Å². The fourth-order valence-corrected chi connectivity index (χ4v) is 3.45. The van der Waals surface area contributed by atoms with Crippen molar-refractivity contribution in [1.82, 2.24) is 10.6 Å². The van der Waals surface area contributed by atoms with Crippen molar-refractivity contribution in [1.29, 1.82) is 0 Å². The summed E-state index contributed by atoms with van der Waals surface area (Å²) in [5.74, 6) is 1.30. The summed E-state index contributed by atoms with van der Waals surface area (Å²) in [6.07, 6.45) is 3.05. The number of hydrogen-bond donors (Lipinski definition) is 2. The van der Waals surface area contributed by atoms with Crippen LogP contribution in [0.5, 0.6) is 0 Å². The molecule has 2 atom stereocenters. The predicted octanol–water partition coefficient (Wildman–Crippen LogP) is 4.59. The van der Waals surface area contributed by atoms with Crippen LogP contribution in [0.4, 0.5) is 4.79 Å². The number of carbonyl (C=O) groups excluding carboxylic acids is 1. The van der Waals surface area contributed by atoms with Crippen LogP contribution < -0.4 is 10.6 Å². The number of alkyl carbamates (subject to hydrolysis) is 1. The van der Waals surface area contributed by atoms with Crippen LogP contribution in [0.2, 0.25) is 0 Å². The molecule has 0 bridgehead atoms. The molecule has 0 aliphatic heterocycles. The van der Waals surface area contributed by atoms with E-state index in [0.717, 1.165) is 23.1 Å². The molecule has 0 saturated heterocycles. The lowest BCUT2D eigenvalue weighted by atomic mass is 10.0. The molecule has 130 valence electrons. The van der Waals surface area contributed by atoms with Gasteiger partial charge in [0, 0.05) is 12.6 Å². The molecular weight excluding hydrogens is 428 g/mol. The minimum atomic E-state index is -0.461. The van der Waals surface area contributed by atoms with Gasteiger partial charge in [0.15, 0.2) is 4.67 Å². The first-order valence-electron chi connectivity index (χ1n) is 7.88. The van der Waals surface area contributed by atoms with E-state index in [9.17, 15) is 4.79 Å². The monoisotopic (exact) mass is 450 g/mol. The summed E-state index contributed by atoms with van der Waals surface area (Å²) in [5.41, 5.74) is -0.461. The Labute approximate surface area is 154 Å². The molecule has 0 radical (unpaired) electrons. The molecule has 1 saturated carbocycles. The van der Waals surface area contributed by atoms with E-state index in [1.54, 1.807) is 0 Å². The van der Waals surface area contributed by atoms with E-state index in [2.05, 4.69) is 42.5 Å². The molecule has 1 amide bonds. The Kier molecular flexibility index (Phi) is 6.57. The highest BCUT2D eigenvalue weighted by Crippen LogP contribution is 2.28. The number of rotatable bonds is 5. The summed E-state index contributed by atoms with van der Waals surface area (Å²) < 4.78 is 12.5. The van der Waals surface area contributed by atoms with Crippen LogP contribution in [0, 0.1) is 5.92 Å². The average molecular weight is 452 g/mol. The summed E-state index contributed by atoms with van der Waals surface area (Å²) >= 11 is 6.76. The Bertz CT molecular complexity index is 520. The summed E-state index contributed by atoms with van der Waals surface area (Å²) in [6, 6.07) is 2.34. The highest BCUT2D eigenvalue weighted by molar-refractivity contribution is 9.13. The summed E-state index contributed by atoms with van der Waals surface area (Å²) in [6.45, 7) is 6.92. The minimum Gasteiger partial charge on any atom is -0.452 e. The zero-order chi connectivity index (χ0) is 17.0. The van der Waals surface area contributed by atoms with Crippen LogP contribution in [0.1, 0.15) is 45.8 Å². The van der Waals surface area contributed by atoms with Crippen molar-refractivity contribution in [3.8, 4) is 0 Å². The highest BCUT2D eigenvalue weighted by atomic mass is 79.9. The van der Waals surface area contributed by atoms with Crippen molar-refractivity contribution in [2.24, 2.45) is 5.92 Å². The van der Waals surface area contributed by atoms with Crippen LogP contribution in [0.15, 0.2) is 19.6 Å². The van der Waals surface area contributed by atoms with Gasteiger partial charge >= 0.3 is 6.09 Å². The standard InChI is InChI=1S/C16H24Br2N2O3/c1-16(2,3)23-15(21)20-8-10-5-4-6-13(10)19-9-11-7-12(17)14(18)22-11/h7,10,13,19H,4-6,8-9H2,1-3H3,(H,20,21). The molecule has 1 aromatic heterocycles. The second-order valence-electron chi connectivity index (χ2n) is 6.90. The molecule has 7 heteroatoms. The molecule has 2 N–H and O–H groups in total. The maximum absolute atomic E-state index is 11.8. The van der Waals surface area contributed by atoms with Gasteiger partial charge in [-0.15, -0.1) is 0 Å². The van der Waals surface area contributed by atoms with Crippen molar-refractivity contribution in [2.45, 2.75) is 58.2 Å². The second-order valence-corrected chi connectivity index (χ2v) is 8.47. The second kappa shape index (κ2) is 8.03. The molecule has 5 nitrogen and oxygen atoms in total. The molecule has 1 aromatic rings. The van der Waals surface area contributed by atoms with Gasteiger partial charge in [0.25, 0.3) is 0 Å². The van der Waals surface area contributed by atoms with Crippen LogP contribution in [-0.2, 0) is 11.3 Å². The highest BCUT2D eigenvalue weighted by Gasteiger charge is 2.28. The predicted molar refractivity (Wildman–Crippen MR) is 96.3 cm³/mol. The summed E-state index contributed by atoms with van der Waals surface area (Å²) in [4.78, 5) is 11.8. The van der Waals surface area contributed by atoms with Crippen LogP contribution >= 0.6 is 31.9 Å². The maximum Gasteiger partial charge on any atom is 0.407 e. The van der Waals surface area contributed by atoms with E-state index in [1.807, 2.05) is 26.8 Å². The SMILES string of the molecule is CC(C)(C)OC(=O)NCC1CCCC1NCc1cc(Br)c(Br)o1. The number of nitrogens with one attached hydrogen (secondary N) is 2. The van der Waals surface area contributed by atoms with Gasteiger partial charge in [0.05, 0.1) is 11.0 Å². The van der Waals surface area contributed by atoms with Gasteiger partial charge in [0.2, 0.25) is 0 Å². The lowest BCUT2D eigenvalue weighted by molar-refractivity contribution is 0.0517. The van der Waals surface area contributed by atoms with Crippen molar-refractivity contribution in [3.05, 3.63) is 21.0 Å². The first-order chi connectivity index (χ1) is 10.7. The number of amides is 1. The van der Waals surface area contributed by atoms with E-state index < -0.39 is 5.60 Å². The molecule has 2 rings (SSSR count). The normalized spacial score (nSPS) is 21.4. The number of carbonyl (C=O) groups is 1. The van der Waals surface area contributed by atoms with Crippen LogP contribution in [0.3, 0.4) is 0 Å². The van der Waals surface area contributed by atoms with Crippen molar-refractivity contribution in [3.63, 3.8) is 0 Å². The fourth-order valence-electron chi connectivity index (χ4n) is 2.79. The molecule has 2 unspecified atom stereocenters. The van der Waals surface area contributed by atoms with Gasteiger partial charge in [-0.2, -0.15) is 0 Å². The molecule has 1 fully saturated rings. The van der Waals surface area contributed by atoms with E-state index >= 15 is 0 Å². The van der Waals surface area contributed by atoms with Crippen molar-refractivity contribution >= 4 is 38.0 Å². The lowest BCUT2D eigenvalue weighted by Crippen LogP contribution is -2.40. The number of halogens is 2. The number of hydrogen-bond acceptors (Lipinski definition) is 4. The molecule has 0 aromatic carbocycles. The lowest BCUT2D eigenvalue weighted by Gasteiger charge is -2.23. The third-order valence-electron chi connectivity index (χ3n) is 3.80. The quantitative estimate of drug-likeness (QED) is 0.687. The molecular formula is C16H24Br2N2O3. The Morgan fingerprint density at radius 1 is 1.39 bits per heavy atom. The third-order valence-corrected chi connectivity index (χ3v) is 5.51. The fraction of sp³-hybridized carbons (Fsp3) is 0.688. The summed E-state index contributed by atoms with van der Waals surface area (Å²) in [5, 5.41) is 6.42. The minimum absolute atomic E-state index is 0.345. The topological polar surface area (TPSA) is 63.5 Å². The molecule has 1 aliphatic rings. The first kappa shape index (κ1) is 18.8. The van der Waals surface area contributed by atoms with Gasteiger partial charge in [-0.25, -0.2) is 4.79 Å². The Morgan fingerprint density at radius 2 is 2.13 bits per heavy atom. The van der Waals surface area contributed by atoms with E-state index in [0.29, 0.717) is 29.7 Å². The largest absolute Gasteiger partial charge is 0.452 e. The Balaban J connectivity index is 1.77. The summed E-state index contributed by atoms with van der Waals surface area (Å²) in [7, 11) is 0. The van der Waals surface area contributed by atoms with Gasteiger partial charge in [0.1, 0.15) is 11.4 Å². The Morgan fingerprint density at radius 3 is 2.74 bits per heavy atom. The van der Waals surface area contributed by atoms with E-state index in [4.69, 9.17) is 9.15 Å². The number of ether oxygens (including phenoxy) is 1. The molecule has 1 aliphatic carbocycles. The third kappa shape index (κ3) is 6.12. The smallest absolute Gasteiger partial charge is 0.407 e. The van der Waals surface area contributed by atoms with Gasteiger partial charge in [-0.1, -0.05) is 6.42 Å².